The molecule has 96 valence electrons. The maximum atomic E-state index is 10.9. The Morgan fingerprint density at radius 3 is 2.06 bits per heavy atom. The molecular weight excluding hydrogens is 234 g/mol. The monoisotopic (exact) mass is 253 g/mol. The van der Waals surface area contributed by atoms with Crippen LogP contribution < -0.4 is 5.32 Å². The molecule has 0 bridgehead atoms. The van der Waals surface area contributed by atoms with Gasteiger partial charge in [-0.05, 0) is 6.92 Å². The van der Waals surface area contributed by atoms with Crippen molar-refractivity contribution in [2.75, 3.05) is 12.3 Å². The summed E-state index contributed by atoms with van der Waals surface area (Å²) in [6, 6.07) is 0. The van der Waals surface area contributed by atoms with E-state index in [0.717, 1.165) is 0 Å². The van der Waals surface area contributed by atoms with Crippen molar-refractivity contribution in [2.45, 2.75) is 33.6 Å². The summed E-state index contributed by atoms with van der Waals surface area (Å²) in [4.78, 5) is 21.4. The first-order chi connectivity index (χ1) is 7.31. The Kier molecular flexibility index (Phi) is 10.1. The number of ketones is 1. The number of Topliss-reactive ketones (excluding diaryl/α,β-unsaturated/α-hetero) is 1. The summed E-state index contributed by atoms with van der Waals surface area (Å²) < 4.78 is 28.8. The molecule has 0 unspecified atom stereocenters. The summed E-state index contributed by atoms with van der Waals surface area (Å²) in [6.45, 7) is 5.22. The Morgan fingerprint density at radius 2 is 1.69 bits per heavy atom. The normalized spacial score (nSPS) is 10.0. The van der Waals surface area contributed by atoms with Crippen molar-refractivity contribution < 1.29 is 22.6 Å². The second-order valence-corrected chi connectivity index (χ2v) is 4.41. The molecule has 0 saturated heterocycles. The molecule has 6 nitrogen and oxygen atoms in total. The lowest BCUT2D eigenvalue weighted by molar-refractivity contribution is -0.124. The second-order valence-electron chi connectivity index (χ2n) is 2.84. The molecule has 2 N–H and O–H groups in total. The Balaban J connectivity index is 0. The Hall–Kier alpha value is -0.950. The first-order valence-corrected chi connectivity index (χ1v) is 6.63. The van der Waals surface area contributed by atoms with Gasteiger partial charge in [-0.2, -0.15) is 8.42 Å². The van der Waals surface area contributed by atoms with Gasteiger partial charge in [-0.25, -0.2) is 0 Å². The molecule has 0 fully saturated rings. The lowest BCUT2D eigenvalue weighted by Gasteiger charge is -2.01. The molecule has 0 saturated carbocycles. The van der Waals surface area contributed by atoms with Gasteiger partial charge >= 0.3 is 0 Å². The van der Waals surface area contributed by atoms with Crippen molar-refractivity contribution in [3.63, 3.8) is 0 Å². The summed E-state index contributed by atoms with van der Waals surface area (Å²) in [7, 11) is -4.03. The van der Waals surface area contributed by atoms with E-state index in [9.17, 15) is 18.0 Å². The lowest BCUT2D eigenvalue weighted by Crippen LogP contribution is -2.28. The van der Waals surface area contributed by atoms with E-state index in [0.29, 0.717) is 0 Å². The third-order valence-electron chi connectivity index (χ3n) is 1.39. The summed E-state index contributed by atoms with van der Waals surface area (Å²) in [5.41, 5.74) is 0. The van der Waals surface area contributed by atoms with E-state index < -0.39 is 21.8 Å². The summed E-state index contributed by atoms with van der Waals surface area (Å²) in [5.74, 6) is -1.02. The number of hydrogen-bond donors (Lipinski definition) is 2. The number of rotatable bonds is 6. The smallest absolute Gasteiger partial charge is 0.266 e. The van der Waals surface area contributed by atoms with Crippen LogP contribution in [0.4, 0.5) is 0 Å². The summed E-state index contributed by atoms with van der Waals surface area (Å²) in [5, 5.41) is 2.26. The van der Waals surface area contributed by atoms with Gasteiger partial charge in [0.2, 0.25) is 5.91 Å². The van der Waals surface area contributed by atoms with Gasteiger partial charge in [0, 0.05) is 19.4 Å². The van der Waals surface area contributed by atoms with Gasteiger partial charge < -0.3 is 10.1 Å². The van der Waals surface area contributed by atoms with Crippen LogP contribution in [0.1, 0.15) is 33.6 Å². The Labute approximate surface area is 96.2 Å². The molecule has 0 aromatic heterocycles. The maximum absolute atomic E-state index is 10.9. The number of nitrogens with one attached hydrogen (secondary N) is 1. The highest BCUT2D eigenvalue weighted by Gasteiger charge is 2.06. The van der Waals surface area contributed by atoms with E-state index in [1.165, 1.54) is 6.92 Å². The van der Waals surface area contributed by atoms with Crippen molar-refractivity contribution in [1.29, 1.82) is 0 Å². The van der Waals surface area contributed by atoms with Crippen molar-refractivity contribution in [3.05, 3.63) is 0 Å². The zero-order valence-electron chi connectivity index (χ0n) is 9.82. The average Bonchev–Trinajstić information content (AvgIpc) is 2.16. The summed E-state index contributed by atoms with van der Waals surface area (Å²) >= 11 is 0. The van der Waals surface area contributed by atoms with Crippen LogP contribution in [-0.4, -0.2) is 37.0 Å². The SMILES string of the molecule is CC.CC(=O)CCC(=O)NCCS(=O)(=O)O. The van der Waals surface area contributed by atoms with E-state index in [1.54, 1.807) is 0 Å². The zero-order valence-corrected chi connectivity index (χ0v) is 10.6. The Bertz CT molecular complexity index is 310. The molecule has 0 aliphatic heterocycles. The molecule has 16 heavy (non-hydrogen) atoms. The number of amides is 1. The number of hydrogen-bond acceptors (Lipinski definition) is 4. The van der Waals surface area contributed by atoms with Crippen LogP contribution in [-0.2, 0) is 19.7 Å². The first kappa shape index (κ1) is 17.4. The molecule has 7 heteroatoms. The topological polar surface area (TPSA) is 101 Å². The highest BCUT2D eigenvalue weighted by atomic mass is 32.2. The maximum Gasteiger partial charge on any atom is 0.266 e. The molecule has 0 spiro atoms. The van der Waals surface area contributed by atoms with Gasteiger partial charge in [-0.3, -0.25) is 9.35 Å². The van der Waals surface area contributed by atoms with Gasteiger partial charge in [0.05, 0.1) is 5.75 Å². The van der Waals surface area contributed by atoms with E-state index in [4.69, 9.17) is 4.55 Å². The minimum atomic E-state index is -4.03. The van der Waals surface area contributed by atoms with Gasteiger partial charge in [0.15, 0.2) is 0 Å². The third-order valence-corrected chi connectivity index (χ3v) is 2.11. The van der Waals surface area contributed by atoms with Crippen LogP contribution in [0, 0.1) is 0 Å². The van der Waals surface area contributed by atoms with Crippen LogP contribution in [0.15, 0.2) is 0 Å². The second kappa shape index (κ2) is 9.29. The summed E-state index contributed by atoms with van der Waals surface area (Å²) in [6.07, 6.45) is 0.179. The minimum Gasteiger partial charge on any atom is -0.355 e. The average molecular weight is 253 g/mol. The number of carbonyl (C=O) groups excluding carboxylic acids is 2. The molecule has 0 aromatic rings. The van der Waals surface area contributed by atoms with Crippen LogP contribution in [0.2, 0.25) is 0 Å². The van der Waals surface area contributed by atoms with E-state index in [1.807, 2.05) is 13.8 Å². The van der Waals surface area contributed by atoms with E-state index in [-0.39, 0.29) is 25.2 Å². The molecule has 0 atom stereocenters. The van der Waals surface area contributed by atoms with Crippen molar-refractivity contribution in [3.8, 4) is 0 Å². The highest BCUT2D eigenvalue weighted by molar-refractivity contribution is 7.85. The van der Waals surface area contributed by atoms with Crippen LogP contribution in [0.3, 0.4) is 0 Å². The standard InChI is InChI=1S/C7H13NO5S.C2H6/c1-6(9)2-3-7(10)8-4-5-14(11,12)13;1-2/h2-5H2,1H3,(H,8,10)(H,11,12,13);1-2H3. The van der Waals surface area contributed by atoms with Crippen molar-refractivity contribution >= 4 is 21.8 Å². The fraction of sp³-hybridized carbons (Fsp3) is 0.778. The first-order valence-electron chi connectivity index (χ1n) is 5.02. The van der Waals surface area contributed by atoms with Crippen LogP contribution >= 0.6 is 0 Å². The fourth-order valence-electron chi connectivity index (χ4n) is 0.697. The quantitative estimate of drug-likeness (QED) is 0.667. The molecule has 0 aliphatic carbocycles. The fourth-order valence-corrected chi connectivity index (χ4v) is 1.06. The van der Waals surface area contributed by atoms with E-state index in [2.05, 4.69) is 5.32 Å². The lowest BCUT2D eigenvalue weighted by atomic mass is 10.2. The van der Waals surface area contributed by atoms with E-state index >= 15 is 0 Å². The molecule has 0 rings (SSSR count). The predicted octanol–water partition coefficient (Wildman–Crippen LogP) is 0.386. The largest absolute Gasteiger partial charge is 0.355 e. The van der Waals surface area contributed by atoms with Crippen LogP contribution in [0.5, 0.6) is 0 Å². The molecule has 0 radical (unpaired) electrons. The molecule has 1 amide bonds. The van der Waals surface area contributed by atoms with Gasteiger partial charge in [0.25, 0.3) is 10.1 Å². The third kappa shape index (κ3) is 15.5. The zero-order chi connectivity index (χ0) is 13.2. The highest BCUT2D eigenvalue weighted by Crippen LogP contribution is 1.89. The Morgan fingerprint density at radius 1 is 1.19 bits per heavy atom. The van der Waals surface area contributed by atoms with Crippen molar-refractivity contribution in [2.24, 2.45) is 0 Å². The van der Waals surface area contributed by atoms with Gasteiger partial charge in [0.1, 0.15) is 5.78 Å². The van der Waals surface area contributed by atoms with Crippen molar-refractivity contribution in [1.82, 2.24) is 5.32 Å². The number of carbonyl (C=O) groups is 2. The van der Waals surface area contributed by atoms with Gasteiger partial charge in [-0.1, -0.05) is 13.8 Å². The molecular formula is C9H19NO5S. The van der Waals surface area contributed by atoms with Crippen LogP contribution in [0.25, 0.3) is 0 Å². The molecule has 0 aromatic carbocycles. The predicted molar refractivity (Wildman–Crippen MR) is 60.7 cm³/mol. The van der Waals surface area contributed by atoms with Gasteiger partial charge in [-0.15, -0.1) is 0 Å². The minimum absolute atomic E-state index is 0.0425. The molecule has 0 heterocycles. The molecule has 0 aliphatic rings.